The Kier molecular flexibility index (Phi) is 5.57. The smallest absolute Gasteiger partial charge is 0.290 e. The number of nitrogens with one attached hydrogen (secondary N) is 1. The number of amides is 1. The molecule has 0 aromatic heterocycles. The molecular formula is C12H14Cl2N2O3. The molecule has 0 saturated heterocycles. The van der Waals surface area contributed by atoms with Gasteiger partial charge < -0.3 is 5.32 Å². The molecule has 1 N–H and O–H groups in total. The van der Waals surface area contributed by atoms with E-state index in [2.05, 4.69) is 5.32 Å². The molecule has 5 nitrogen and oxygen atoms in total. The molecule has 0 unspecified atom stereocenters. The van der Waals surface area contributed by atoms with E-state index in [4.69, 9.17) is 23.2 Å². The van der Waals surface area contributed by atoms with Gasteiger partial charge in [-0.15, -0.1) is 0 Å². The second-order valence-corrected chi connectivity index (χ2v) is 4.82. The summed E-state index contributed by atoms with van der Waals surface area (Å²) < 4.78 is 0. The Balaban J connectivity index is 3.07. The highest BCUT2D eigenvalue weighted by molar-refractivity contribution is 6.43. The van der Waals surface area contributed by atoms with Gasteiger partial charge in [0.1, 0.15) is 5.02 Å². The molecule has 0 bridgehead atoms. The fourth-order valence-electron chi connectivity index (χ4n) is 1.60. The minimum Gasteiger partial charge on any atom is -0.349 e. The van der Waals surface area contributed by atoms with E-state index in [-0.39, 0.29) is 27.3 Å². The molecule has 0 aliphatic heterocycles. The lowest BCUT2D eigenvalue weighted by molar-refractivity contribution is -0.384. The SMILES string of the molecule is CCC(CC)NC(=O)c1cc(Cl)c(Cl)c([N+](=O)[O-])c1. The van der Waals surface area contributed by atoms with Gasteiger partial charge in [-0.1, -0.05) is 37.0 Å². The molecule has 0 atom stereocenters. The first-order valence-electron chi connectivity index (χ1n) is 5.84. The fourth-order valence-corrected chi connectivity index (χ4v) is 1.99. The van der Waals surface area contributed by atoms with Crippen LogP contribution in [-0.2, 0) is 0 Å². The summed E-state index contributed by atoms with van der Waals surface area (Å²) in [5.74, 6) is -0.393. The average Bonchev–Trinajstić information content (AvgIpc) is 2.38. The van der Waals surface area contributed by atoms with Gasteiger partial charge in [-0.2, -0.15) is 0 Å². The third-order valence-corrected chi connectivity index (χ3v) is 3.58. The number of carbonyl (C=O) groups is 1. The Morgan fingerprint density at radius 1 is 1.37 bits per heavy atom. The van der Waals surface area contributed by atoms with Gasteiger partial charge >= 0.3 is 0 Å². The molecule has 1 amide bonds. The molecule has 1 aromatic rings. The number of hydrogen-bond donors (Lipinski definition) is 1. The lowest BCUT2D eigenvalue weighted by atomic mass is 10.1. The van der Waals surface area contributed by atoms with Crippen LogP contribution in [0, 0.1) is 10.1 Å². The van der Waals surface area contributed by atoms with Crippen molar-refractivity contribution in [3.05, 3.63) is 37.9 Å². The van der Waals surface area contributed by atoms with Gasteiger partial charge in [-0.05, 0) is 18.9 Å². The lowest BCUT2D eigenvalue weighted by Crippen LogP contribution is -2.33. The molecule has 19 heavy (non-hydrogen) atoms. The highest BCUT2D eigenvalue weighted by Gasteiger charge is 2.20. The number of hydrogen-bond acceptors (Lipinski definition) is 3. The minimum atomic E-state index is -0.665. The van der Waals surface area contributed by atoms with E-state index in [9.17, 15) is 14.9 Å². The van der Waals surface area contributed by atoms with Crippen molar-refractivity contribution in [2.75, 3.05) is 0 Å². The Hall–Kier alpha value is -1.33. The van der Waals surface area contributed by atoms with Gasteiger partial charge in [0, 0.05) is 17.7 Å². The van der Waals surface area contributed by atoms with E-state index < -0.39 is 10.8 Å². The van der Waals surface area contributed by atoms with Crippen LogP contribution < -0.4 is 5.32 Å². The maximum Gasteiger partial charge on any atom is 0.290 e. The largest absolute Gasteiger partial charge is 0.349 e. The fraction of sp³-hybridized carbons (Fsp3) is 0.417. The van der Waals surface area contributed by atoms with Crippen LogP contribution in [0.2, 0.25) is 10.0 Å². The Labute approximate surface area is 121 Å². The Bertz CT molecular complexity index is 502. The maximum atomic E-state index is 12.0. The zero-order valence-corrected chi connectivity index (χ0v) is 12.1. The lowest BCUT2D eigenvalue weighted by Gasteiger charge is -2.14. The summed E-state index contributed by atoms with van der Waals surface area (Å²) in [4.78, 5) is 22.1. The van der Waals surface area contributed by atoms with Crippen LogP contribution in [0.5, 0.6) is 0 Å². The molecule has 0 spiro atoms. The number of benzene rings is 1. The summed E-state index contributed by atoms with van der Waals surface area (Å²) in [5, 5.41) is 13.4. The van der Waals surface area contributed by atoms with Gasteiger partial charge in [0.2, 0.25) is 0 Å². The van der Waals surface area contributed by atoms with Crippen molar-refractivity contribution in [1.29, 1.82) is 0 Å². The number of carbonyl (C=O) groups excluding carboxylic acids is 1. The van der Waals surface area contributed by atoms with Crippen LogP contribution in [0.3, 0.4) is 0 Å². The van der Waals surface area contributed by atoms with Crippen molar-refractivity contribution < 1.29 is 9.72 Å². The van der Waals surface area contributed by atoms with Crippen molar-refractivity contribution in [3.63, 3.8) is 0 Å². The summed E-state index contributed by atoms with van der Waals surface area (Å²) in [6.07, 6.45) is 1.57. The zero-order chi connectivity index (χ0) is 14.6. The monoisotopic (exact) mass is 304 g/mol. The highest BCUT2D eigenvalue weighted by Crippen LogP contribution is 2.33. The van der Waals surface area contributed by atoms with Crippen LogP contribution in [0.1, 0.15) is 37.0 Å². The number of nitro groups is 1. The van der Waals surface area contributed by atoms with Crippen molar-refractivity contribution in [2.45, 2.75) is 32.7 Å². The number of halogens is 2. The quantitative estimate of drug-likeness (QED) is 0.664. The maximum absolute atomic E-state index is 12.0. The molecule has 0 aliphatic carbocycles. The van der Waals surface area contributed by atoms with E-state index in [0.29, 0.717) is 0 Å². The van der Waals surface area contributed by atoms with Gasteiger partial charge in [-0.25, -0.2) is 0 Å². The molecular weight excluding hydrogens is 291 g/mol. The van der Waals surface area contributed by atoms with Crippen LogP contribution in [-0.4, -0.2) is 16.9 Å². The second kappa shape index (κ2) is 6.73. The van der Waals surface area contributed by atoms with Crippen molar-refractivity contribution in [2.24, 2.45) is 0 Å². The second-order valence-electron chi connectivity index (χ2n) is 4.04. The number of rotatable bonds is 5. The number of nitro benzene ring substituents is 1. The molecule has 0 heterocycles. The van der Waals surface area contributed by atoms with Gasteiger partial charge in [-0.3, -0.25) is 14.9 Å². The summed E-state index contributed by atoms with van der Waals surface area (Å²) in [7, 11) is 0. The molecule has 1 rings (SSSR count). The molecule has 0 aliphatic rings. The van der Waals surface area contributed by atoms with E-state index in [0.717, 1.165) is 18.9 Å². The van der Waals surface area contributed by atoms with Gasteiger partial charge in [0.05, 0.1) is 9.95 Å². The number of nitrogens with zero attached hydrogens (tertiary/aromatic N) is 1. The first-order chi connectivity index (χ1) is 8.90. The Morgan fingerprint density at radius 3 is 2.42 bits per heavy atom. The van der Waals surface area contributed by atoms with E-state index in [1.165, 1.54) is 6.07 Å². The van der Waals surface area contributed by atoms with Crippen LogP contribution in [0.4, 0.5) is 5.69 Å². The van der Waals surface area contributed by atoms with Crippen LogP contribution in [0.25, 0.3) is 0 Å². The predicted octanol–water partition coefficient (Wildman–Crippen LogP) is 3.82. The van der Waals surface area contributed by atoms with Crippen molar-refractivity contribution in [3.8, 4) is 0 Å². The van der Waals surface area contributed by atoms with Crippen molar-refractivity contribution >= 4 is 34.8 Å². The summed E-state index contributed by atoms with van der Waals surface area (Å²) >= 11 is 11.5. The predicted molar refractivity (Wildman–Crippen MR) is 75.0 cm³/mol. The normalized spacial score (nSPS) is 10.6. The Morgan fingerprint density at radius 2 is 1.95 bits per heavy atom. The third kappa shape index (κ3) is 3.81. The third-order valence-electron chi connectivity index (χ3n) is 2.79. The average molecular weight is 305 g/mol. The summed E-state index contributed by atoms with van der Waals surface area (Å²) in [6.45, 7) is 3.90. The standard InChI is InChI=1S/C12H14Cl2N2O3/c1-3-8(4-2)15-12(17)7-5-9(13)11(14)10(6-7)16(18)19/h5-6,8H,3-4H2,1-2H3,(H,15,17). The van der Waals surface area contributed by atoms with Crippen LogP contribution in [0.15, 0.2) is 12.1 Å². The van der Waals surface area contributed by atoms with E-state index in [1.807, 2.05) is 13.8 Å². The molecule has 0 saturated carbocycles. The molecule has 0 radical (unpaired) electrons. The highest BCUT2D eigenvalue weighted by atomic mass is 35.5. The van der Waals surface area contributed by atoms with E-state index >= 15 is 0 Å². The zero-order valence-electron chi connectivity index (χ0n) is 10.6. The topological polar surface area (TPSA) is 72.2 Å². The molecule has 0 fully saturated rings. The molecule has 104 valence electrons. The van der Waals surface area contributed by atoms with Crippen molar-refractivity contribution in [1.82, 2.24) is 5.32 Å². The minimum absolute atomic E-state index is 0.00874. The first kappa shape index (κ1) is 15.7. The summed E-state index contributed by atoms with van der Waals surface area (Å²) in [5.41, 5.74) is -0.239. The molecule has 7 heteroatoms. The summed E-state index contributed by atoms with van der Waals surface area (Å²) in [6, 6.07) is 2.49. The van der Waals surface area contributed by atoms with Gasteiger partial charge in [0.15, 0.2) is 0 Å². The molecule has 1 aromatic carbocycles. The van der Waals surface area contributed by atoms with E-state index in [1.54, 1.807) is 0 Å². The first-order valence-corrected chi connectivity index (χ1v) is 6.60. The van der Waals surface area contributed by atoms with Gasteiger partial charge in [0.25, 0.3) is 11.6 Å². The van der Waals surface area contributed by atoms with Crippen LogP contribution >= 0.6 is 23.2 Å².